The molecule has 2 heterocycles. The van der Waals surface area contributed by atoms with Crippen molar-refractivity contribution in [3.8, 4) is 17.1 Å². The normalized spacial score (nSPS) is 19.8. The standard InChI is InChI=1S/C30H38N2O5/c1-4-6-16-31(17-7-5-2)27(33)20-32-19-25(23-14-15-26-24(23)9-8-18-37-26)28(30(34)35)29(32)21-10-12-22(36-3)13-11-21/h8-15,18,25,28-29H,4-7,16-17,19-20H2,1-3H3,(H,34,35). The molecule has 198 valence electrons. The van der Waals surface area contributed by atoms with E-state index in [1.807, 2.05) is 53.4 Å². The van der Waals surface area contributed by atoms with Crippen LogP contribution < -0.4 is 4.74 Å². The number of unbranched alkanes of at least 4 members (excludes halogenated alkanes) is 2. The highest BCUT2D eigenvalue weighted by Gasteiger charge is 2.49. The number of carboxylic acid groups (broad SMARTS) is 1. The zero-order valence-electron chi connectivity index (χ0n) is 22.1. The van der Waals surface area contributed by atoms with Gasteiger partial charge in [-0.25, -0.2) is 0 Å². The van der Waals surface area contributed by atoms with Crippen LogP contribution in [0.15, 0.2) is 59.2 Å². The lowest BCUT2D eigenvalue weighted by molar-refractivity contribution is -0.144. The molecular weight excluding hydrogens is 468 g/mol. The number of fused-ring (bicyclic) bond motifs is 1. The molecule has 1 saturated heterocycles. The summed E-state index contributed by atoms with van der Waals surface area (Å²) in [6, 6.07) is 14.8. The van der Waals surface area contributed by atoms with E-state index in [-0.39, 0.29) is 18.4 Å². The van der Waals surface area contributed by atoms with Crippen molar-refractivity contribution in [1.82, 2.24) is 9.80 Å². The van der Waals surface area contributed by atoms with Gasteiger partial charge in [0.2, 0.25) is 5.91 Å². The summed E-state index contributed by atoms with van der Waals surface area (Å²) in [6.07, 6.45) is 5.59. The molecule has 1 aromatic carbocycles. The Bertz CT molecular complexity index is 1130. The number of hydrogen-bond acceptors (Lipinski definition) is 5. The quantitative estimate of drug-likeness (QED) is 0.341. The second-order valence-corrected chi connectivity index (χ2v) is 9.89. The largest absolute Gasteiger partial charge is 0.497 e. The van der Waals surface area contributed by atoms with Crippen molar-refractivity contribution >= 4 is 11.9 Å². The van der Waals surface area contributed by atoms with Crippen molar-refractivity contribution < 1.29 is 23.8 Å². The van der Waals surface area contributed by atoms with E-state index in [0.29, 0.717) is 12.3 Å². The van der Waals surface area contributed by atoms with Crippen molar-refractivity contribution in [2.75, 3.05) is 33.3 Å². The van der Waals surface area contributed by atoms with Gasteiger partial charge in [-0.15, -0.1) is 0 Å². The summed E-state index contributed by atoms with van der Waals surface area (Å²) in [4.78, 5) is 30.4. The molecule has 37 heavy (non-hydrogen) atoms. The van der Waals surface area contributed by atoms with Gasteiger partial charge in [-0.3, -0.25) is 14.5 Å². The Hall–Kier alpha value is -3.32. The SMILES string of the molecule is CCCCN(CCCC)C(=O)CN1CC(c2ccc3occcc2-3)C(C(=O)O)C1c1ccc(OC)cc1. The van der Waals surface area contributed by atoms with Crippen LogP contribution in [0.5, 0.6) is 5.75 Å². The molecule has 4 rings (SSSR count). The average molecular weight is 507 g/mol. The van der Waals surface area contributed by atoms with Gasteiger partial charge < -0.3 is 19.2 Å². The summed E-state index contributed by atoms with van der Waals surface area (Å²) in [5, 5.41) is 10.5. The Labute approximate surface area is 219 Å². The third-order valence-electron chi connectivity index (χ3n) is 7.52. The highest BCUT2D eigenvalue weighted by Crippen LogP contribution is 2.49. The number of likely N-dealkylation sites (tertiary alicyclic amines) is 1. The molecule has 1 aromatic rings. The molecule has 3 atom stereocenters. The molecule has 1 fully saturated rings. The van der Waals surface area contributed by atoms with Crippen LogP contribution in [0.25, 0.3) is 11.3 Å². The van der Waals surface area contributed by atoms with E-state index in [4.69, 9.17) is 9.15 Å². The highest BCUT2D eigenvalue weighted by molar-refractivity contribution is 5.80. The minimum atomic E-state index is -0.864. The number of nitrogens with zero attached hydrogens (tertiary/aromatic N) is 2. The van der Waals surface area contributed by atoms with Gasteiger partial charge in [0.05, 0.1) is 25.8 Å². The van der Waals surface area contributed by atoms with Crippen molar-refractivity contribution in [3.05, 3.63) is 65.9 Å². The van der Waals surface area contributed by atoms with Gasteiger partial charge in [0, 0.05) is 37.2 Å². The van der Waals surface area contributed by atoms with Gasteiger partial charge in [-0.2, -0.15) is 0 Å². The lowest BCUT2D eigenvalue weighted by Gasteiger charge is -2.30. The van der Waals surface area contributed by atoms with E-state index in [0.717, 1.165) is 61.2 Å². The van der Waals surface area contributed by atoms with Crippen LogP contribution >= 0.6 is 0 Å². The molecule has 7 nitrogen and oxygen atoms in total. The second kappa shape index (κ2) is 12.3. The lowest BCUT2D eigenvalue weighted by Crippen LogP contribution is -2.42. The molecule has 3 aliphatic rings. The molecule has 3 unspecified atom stereocenters. The molecule has 0 radical (unpaired) electrons. The van der Waals surface area contributed by atoms with E-state index in [1.54, 1.807) is 13.4 Å². The van der Waals surface area contributed by atoms with Gasteiger partial charge in [0.25, 0.3) is 0 Å². The van der Waals surface area contributed by atoms with E-state index in [1.165, 1.54) is 0 Å². The number of aliphatic carboxylic acids is 1. The summed E-state index contributed by atoms with van der Waals surface area (Å²) < 4.78 is 11.0. The Kier molecular flexibility index (Phi) is 8.87. The third kappa shape index (κ3) is 5.82. The maximum Gasteiger partial charge on any atom is 0.309 e. The van der Waals surface area contributed by atoms with Crippen LogP contribution in [0.4, 0.5) is 0 Å². The van der Waals surface area contributed by atoms with E-state index < -0.39 is 17.9 Å². The number of benzene rings is 1. The summed E-state index contributed by atoms with van der Waals surface area (Å²) >= 11 is 0. The topological polar surface area (TPSA) is 83.2 Å². The van der Waals surface area contributed by atoms with Crippen LogP contribution in [0.2, 0.25) is 0 Å². The average Bonchev–Trinajstić information content (AvgIpc) is 3.50. The van der Waals surface area contributed by atoms with Gasteiger partial charge in [-0.1, -0.05) is 44.9 Å². The summed E-state index contributed by atoms with van der Waals surface area (Å²) in [5.41, 5.74) is 2.75. The van der Waals surface area contributed by atoms with Crippen LogP contribution in [0.1, 0.15) is 62.6 Å². The predicted molar refractivity (Wildman–Crippen MR) is 143 cm³/mol. The number of methoxy groups -OCH3 is 1. The van der Waals surface area contributed by atoms with Gasteiger partial charge in [0.15, 0.2) is 0 Å². The zero-order chi connectivity index (χ0) is 26.4. The fourth-order valence-electron chi connectivity index (χ4n) is 5.58. The number of ether oxygens (including phenoxy) is 1. The van der Waals surface area contributed by atoms with Crippen LogP contribution in [0.3, 0.4) is 0 Å². The van der Waals surface area contributed by atoms with Gasteiger partial charge in [0.1, 0.15) is 11.5 Å². The summed E-state index contributed by atoms with van der Waals surface area (Å²) in [7, 11) is 1.61. The fraction of sp³-hybridized carbons (Fsp3) is 0.467. The first-order chi connectivity index (χ1) is 18.0. The van der Waals surface area contributed by atoms with E-state index in [9.17, 15) is 14.7 Å². The number of hydrogen-bond donors (Lipinski definition) is 1. The first-order valence-corrected chi connectivity index (χ1v) is 13.3. The predicted octanol–water partition coefficient (Wildman–Crippen LogP) is 5.66. The Balaban J connectivity index is 1.70. The highest BCUT2D eigenvalue weighted by atomic mass is 16.5. The molecule has 0 spiro atoms. The van der Waals surface area contributed by atoms with Crippen molar-refractivity contribution in [2.45, 2.75) is 51.5 Å². The Morgan fingerprint density at radius 3 is 2.38 bits per heavy atom. The summed E-state index contributed by atoms with van der Waals surface area (Å²) in [5.74, 6) is -0.354. The Morgan fingerprint density at radius 2 is 1.76 bits per heavy atom. The molecule has 0 bridgehead atoms. The van der Waals surface area contributed by atoms with Crippen molar-refractivity contribution in [2.24, 2.45) is 5.92 Å². The molecule has 1 aliphatic carbocycles. The number of rotatable bonds is 12. The minimum absolute atomic E-state index is 0.0626. The van der Waals surface area contributed by atoms with Crippen LogP contribution in [0, 0.1) is 5.92 Å². The maximum atomic E-state index is 13.6. The first-order valence-electron chi connectivity index (χ1n) is 13.3. The first kappa shape index (κ1) is 26.7. The fourth-order valence-corrected chi connectivity index (χ4v) is 5.58. The Morgan fingerprint density at radius 1 is 1.05 bits per heavy atom. The van der Waals surface area contributed by atoms with Gasteiger partial charge in [-0.05, 0) is 54.3 Å². The monoisotopic (exact) mass is 506 g/mol. The third-order valence-corrected chi connectivity index (χ3v) is 7.52. The van der Waals surface area contributed by atoms with Crippen molar-refractivity contribution in [3.63, 3.8) is 0 Å². The van der Waals surface area contributed by atoms with Crippen molar-refractivity contribution in [1.29, 1.82) is 0 Å². The second-order valence-electron chi connectivity index (χ2n) is 9.89. The molecule has 2 aliphatic heterocycles. The number of carboxylic acids is 1. The van der Waals surface area contributed by atoms with Crippen LogP contribution in [-0.2, 0) is 9.59 Å². The number of carbonyl (C=O) groups excluding carboxylic acids is 1. The lowest BCUT2D eigenvalue weighted by atomic mass is 9.82. The van der Waals surface area contributed by atoms with Gasteiger partial charge >= 0.3 is 5.97 Å². The minimum Gasteiger partial charge on any atom is -0.497 e. The number of carbonyl (C=O) groups is 2. The molecule has 0 saturated carbocycles. The molecule has 1 N–H and O–H groups in total. The summed E-state index contributed by atoms with van der Waals surface area (Å²) in [6.45, 7) is 6.38. The van der Waals surface area contributed by atoms with E-state index >= 15 is 0 Å². The number of amides is 1. The smallest absolute Gasteiger partial charge is 0.309 e. The van der Waals surface area contributed by atoms with Crippen LogP contribution in [-0.4, -0.2) is 60.1 Å². The maximum absolute atomic E-state index is 13.6. The van der Waals surface area contributed by atoms with E-state index in [2.05, 4.69) is 18.7 Å². The molecule has 0 aromatic heterocycles. The zero-order valence-corrected chi connectivity index (χ0v) is 22.1. The molecule has 7 heteroatoms. The molecule has 1 amide bonds. The molecular formula is C30H38N2O5.